The van der Waals surface area contributed by atoms with Crippen molar-refractivity contribution in [2.45, 2.75) is 19.9 Å². The maximum Gasteiger partial charge on any atom is 0.287 e. The molecule has 1 heterocycles. The molecule has 0 saturated carbocycles. The first-order valence-electron chi connectivity index (χ1n) is 7.42. The number of halogens is 1. The fourth-order valence-electron chi connectivity index (χ4n) is 2.31. The van der Waals surface area contributed by atoms with Crippen molar-refractivity contribution in [2.24, 2.45) is 0 Å². The quantitative estimate of drug-likeness (QED) is 0.433. The molecule has 0 aliphatic heterocycles. The minimum Gasteiger partial charge on any atom is -0.409 e. The third-order valence-corrected chi connectivity index (χ3v) is 4.54. The summed E-state index contributed by atoms with van der Waals surface area (Å²) in [5.74, 6) is 0.345. The molecule has 0 bridgehead atoms. The summed E-state index contributed by atoms with van der Waals surface area (Å²) in [6, 6.07) is 14.5. The average Bonchev–Trinajstić information content (AvgIpc) is 2.96. The van der Waals surface area contributed by atoms with E-state index >= 15 is 0 Å². The van der Waals surface area contributed by atoms with Gasteiger partial charge in [-0.05, 0) is 50.3 Å². The summed E-state index contributed by atoms with van der Waals surface area (Å²) in [6.07, 6.45) is 0. The molecule has 0 unspecified atom stereocenters. The Kier molecular flexibility index (Phi) is 4.78. The highest BCUT2D eigenvalue weighted by molar-refractivity contribution is 9.10. The topological polar surface area (TPSA) is 48.0 Å². The summed E-state index contributed by atoms with van der Waals surface area (Å²) in [6.45, 7) is 3.78. The summed E-state index contributed by atoms with van der Waals surface area (Å²) in [5, 5.41) is 4.39. The zero-order valence-electron chi connectivity index (χ0n) is 13.2. The minimum atomic E-state index is -0.540. The number of hydrogen-bond acceptors (Lipinski definition) is 4. The Bertz CT molecular complexity index is 927. The van der Waals surface area contributed by atoms with Gasteiger partial charge in [0.2, 0.25) is 5.89 Å². The largest absolute Gasteiger partial charge is 0.409 e. The van der Waals surface area contributed by atoms with Crippen LogP contribution < -0.4 is 0 Å². The van der Waals surface area contributed by atoms with Crippen LogP contribution in [-0.2, 0) is 0 Å². The lowest BCUT2D eigenvalue weighted by molar-refractivity contribution is 0.0925. The standard InChI is InChI=1S/C18H15BrN2O2S/c1-11-3-5-14(6-4-11)17-20-21(18(24)23-17)12(2)16(22)13-7-9-15(19)10-8-13/h3-10,12H,1-2H3/t12-/m0/s1. The second-order valence-electron chi connectivity index (χ2n) is 5.53. The Morgan fingerprint density at radius 1 is 1.17 bits per heavy atom. The predicted molar refractivity (Wildman–Crippen MR) is 98.7 cm³/mol. The predicted octanol–water partition coefficient (Wildman–Crippen LogP) is 5.39. The number of aryl methyl sites for hydroxylation is 1. The first kappa shape index (κ1) is 16.8. The Morgan fingerprint density at radius 2 is 1.79 bits per heavy atom. The van der Waals surface area contributed by atoms with Gasteiger partial charge < -0.3 is 4.42 Å². The van der Waals surface area contributed by atoms with E-state index in [1.807, 2.05) is 43.3 Å². The van der Waals surface area contributed by atoms with Crippen molar-refractivity contribution in [2.75, 3.05) is 0 Å². The number of carbonyl (C=O) groups is 1. The molecule has 0 radical (unpaired) electrons. The van der Waals surface area contributed by atoms with Crippen LogP contribution in [0.4, 0.5) is 0 Å². The van der Waals surface area contributed by atoms with Crippen molar-refractivity contribution < 1.29 is 9.21 Å². The smallest absolute Gasteiger partial charge is 0.287 e. The number of carbonyl (C=O) groups excluding carboxylic acids is 1. The molecule has 6 heteroatoms. The van der Waals surface area contributed by atoms with Gasteiger partial charge in [0, 0.05) is 15.6 Å². The summed E-state index contributed by atoms with van der Waals surface area (Å²) >= 11 is 8.60. The first-order chi connectivity index (χ1) is 11.5. The van der Waals surface area contributed by atoms with E-state index in [1.165, 1.54) is 4.68 Å². The zero-order valence-corrected chi connectivity index (χ0v) is 15.6. The molecule has 4 nitrogen and oxygen atoms in total. The molecular formula is C18H15BrN2O2S. The molecule has 0 aliphatic carbocycles. The number of hydrogen-bond donors (Lipinski definition) is 0. The Balaban J connectivity index is 1.91. The van der Waals surface area contributed by atoms with Crippen LogP contribution in [0.15, 0.2) is 57.4 Å². The van der Waals surface area contributed by atoms with Gasteiger partial charge in [-0.15, -0.1) is 5.10 Å². The van der Waals surface area contributed by atoms with Crippen molar-refractivity contribution in [1.82, 2.24) is 9.78 Å². The van der Waals surface area contributed by atoms with Gasteiger partial charge >= 0.3 is 0 Å². The number of rotatable bonds is 4. The highest BCUT2D eigenvalue weighted by atomic mass is 79.9. The molecule has 0 spiro atoms. The zero-order chi connectivity index (χ0) is 17.3. The summed E-state index contributed by atoms with van der Waals surface area (Å²) in [5.41, 5.74) is 2.58. The molecular weight excluding hydrogens is 388 g/mol. The van der Waals surface area contributed by atoms with Gasteiger partial charge in [0.15, 0.2) is 5.78 Å². The van der Waals surface area contributed by atoms with Crippen LogP contribution in [0, 0.1) is 11.8 Å². The van der Waals surface area contributed by atoms with Crippen LogP contribution in [0.2, 0.25) is 0 Å². The Hall–Kier alpha value is -2.05. The van der Waals surface area contributed by atoms with E-state index in [2.05, 4.69) is 21.0 Å². The molecule has 0 saturated heterocycles. The molecule has 2 aromatic carbocycles. The van der Waals surface area contributed by atoms with Crippen molar-refractivity contribution in [3.8, 4) is 11.5 Å². The number of Topliss-reactive ketones (excluding diaryl/α,β-unsaturated/α-hetero) is 1. The van der Waals surface area contributed by atoms with Crippen LogP contribution in [0.5, 0.6) is 0 Å². The van der Waals surface area contributed by atoms with Gasteiger partial charge in [-0.2, -0.15) is 0 Å². The fourth-order valence-corrected chi connectivity index (χ4v) is 2.85. The molecule has 0 N–H and O–H groups in total. The SMILES string of the molecule is Cc1ccc(-c2nn([C@@H](C)C(=O)c3ccc(Br)cc3)c(=S)o2)cc1. The summed E-state index contributed by atoms with van der Waals surface area (Å²) in [4.78, 5) is 12.8. The van der Waals surface area contributed by atoms with Gasteiger partial charge in [-0.3, -0.25) is 4.79 Å². The maximum absolute atomic E-state index is 12.6. The highest BCUT2D eigenvalue weighted by Gasteiger charge is 2.21. The number of nitrogens with zero attached hydrogens (tertiary/aromatic N) is 2. The minimum absolute atomic E-state index is 0.0673. The van der Waals surface area contributed by atoms with E-state index in [1.54, 1.807) is 19.1 Å². The van der Waals surface area contributed by atoms with Crippen LogP contribution in [0.25, 0.3) is 11.5 Å². The number of aromatic nitrogens is 2. The van der Waals surface area contributed by atoms with Crippen LogP contribution in [-0.4, -0.2) is 15.6 Å². The lowest BCUT2D eigenvalue weighted by Crippen LogP contribution is -2.18. The molecule has 0 fully saturated rings. The van der Waals surface area contributed by atoms with Crippen LogP contribution >= 0.6 is 28.1 Å². The highest BCUT2D eigenvalue weighted by Crippen LogP contribution is 2.22. The monoisotopic (exact) mass is 402 g/mol. The molecule has 122 valence electrons. The van der Waals surface area contributed by atoms with Crippen LogP contribution in [0.1, 0.15) is 28.9 Å². The van der Waals surface area contributed by atoms with Crippen molar-refractivity contribution in [3.05, 3.63) is 69.0 Å². The molecule has 0 aliphatic rings. The molecule has 24 heavy (non-hydrogen) atoms. The molecule has 3 rings (SSSR count). The average molecular weight is 403 g/mol. The normalized spacial score (nSPS) is 12.1. The van der Waals surface area contributed by atoms with E-state index in [4.69, 9.17) is 16.6 Å². The third-order valence-electron chi connectivity index (χ3n) is 3.74. The second-order valence-corrected chi connectivity index (χ2v) is 6.80. The van der Waals surface area contributed by atoms with E-state index in [0.29, 0.717) is 11.5 Å². The van der Waals surface area contributed by atoms with E-state index < -0.39 is 6.04 Å². The third kappa shape index (κ3) is 3.39. The van der Waals surface area contributed by atoms with E-state index in [9.17, 15) is 4.79 Å². The second kappa shape index (κ2) is 6.83. The van der Waals surface area contributed by atoms with Crippen molar-refractivity contribution in [1.29, 1.82) is 0 Å². The molecule has 0 amide bonds. The number of benzene rings is 2. The summed E-state index contributed by atoms with van der Waals surface area (Å²) in [7, 11) is 0. The van der Waals surface area contributed by atoms with Crippen LogP contribution in [0.3, 0.4) is 0 Å². The first-order valence-corrected chi connectivity index (χ1v) is 8.62. The van der Waals surface area contributed by atoms with Gasteiger partial charge in [-0.25, -0.2) is 4.68 Å². The number of ketones is 1. The van der Waals surface area contributed by atoms with E-state index in [-0.39, 0.29) is 10.6 Å². The van der Waals surface area contributed by atoms with E-state index in [0.717, 1.165) is 15.6 Å². The Morgan fingerprint density at radius 3 is 2.42 bits per heavy atom. The lowest BCUT2D eigenvalue weighted by Gasteiger charge is -2.09. The lowest BCUT2D eigenvalue weighted by atomic mass is 10.1. The van der Waals surface area contributed by atoms with Gasteiger partial charge in [0.25, 0.3) is 4.84 Å². The fraction of sp³-hybridized carbons (Fsp3) is 0.167. The molecule has 3 aromatic rings. The van der Waals surface area contributed by atoms with Gasteiger partial charge in [0.05, 0.1) is 0 Å². The van der Waals surface area contributed by atoms with Crippen molar-refractivity contribution >= 4 is 33.9 Å². The Labute approximate surface area is 153 Å². The van der Waals surface area contributed by atoms with Crippen molar-refractivity contribution in [3.63, 3.8) is 0 Å². The summed E-state index contributed by atoms with van der Waals surface area (Å²) < 4.78 is 7.95. The maximum atomic E-state index is 12.6. The van der Waals surface area contributed by atoms with Gasteiger partial charge in [0.1, 0.15) is 6.04 Å². The van der Waals surface area contributed by atoms with Gasteiger partial charge in [-0.1, -0.05) is 45.8 Å². The molecule has 1 atom stereocenters. The molecule has 1 aromatic heterocycles.